The molecule has 2 heterocycles. The summed E-state index contributed by atoms with van der Waals surface area (Å²) in [4.78, 5) is 18.9. The molecule has 1 N–H and O–H groups in total. The fourth-order valence-corrected chi connectivity index (χ4v) is 1.62. The molecule has 0 aliphatic rings. The highest BCUT2D eigenvalue weighted by atomic mass is 16.6. The summed E-state index contributed by atoms with van der Waals surface area (Å²) >= 11 is 0. The third-order valence-corrected chi connectivity index (χ3v) is 2.43. The number of hydrogen-bond acceptors (Lipinski definition) is 5. The quantitative estimate of drug-likeness (QED) is 0.657. The Kier molecular flexibility index (Phi) is 3.22. The lowest BCUT2D eigenvalue weighted by Crippen LogP contribution is -2.03. The van der Waals surface area contributed by atoms with Gasteiger partial charge in [-0.05, 0) is 6.92 Å². The van der Waals surface area contributed by atoms with Gasteiger partial charge < -0.3 is 9.88 Å². The summed E-state index contributed by atoms with van der Waals surface area (Å²) in [6.45, 7) is 2.55. The van der Waals surface area contributed by atoms with Gasteiger partial charge in [0.15, 0.2) is 5.82 Å². The van der Waals surface area contributed by atoms with Gasteiger partial charge in [-0.25, -0.2) is 9.97 Å². The van der Waals surface area contributed by atoms with E-state index in [1.165, 1.54) is 12.1 Å². The highest BCUT2D eigenvalue weighted by Gasteiger charge is 2.14. The van der Waals surface area contributed by atoms with Crippen LogP contribution >= 0.6 is 0 Å². The van der Waals surface area contributed by atoms with Gasteiger partial charge in [0.05, 0.1) is 11.0 Å². The molecule has 0 atom stereocenters. The lowest BCUT2D eigenvalue weighted by Gasteiger charge is -2.06. The first-order valence-electron chi connectivity index (χ1n) is 5.50. The van der Waals surface area contributed by atoms with Crippen molar-refractivity contribution >= 4 is 11.5 Å². The molecule has 0 aliphatic carbocycles. The Balaban J connectivity index is 2.53. The minimum Gasteiger partial charge on any atom is -0.370 e. The van der Waals surface area contributed by atoms with Crippen molar-refractivity contribution in [1.82, 2.24) is 14.5 Å². The smallest absolute Gasteiger partial charge is 0.275 e. The van der Waals surface area contributed by atoms with Crippen LogP contribution in [-0.2, 0) is 7.05 Å². The van der Waals surface area contributed by atoms with Crippen molar-refractivity contribution in [1.29, 1.82) is 0 Å². The predicted molar refractivity (Wildman–Crippen MR) is 67.3 cm³/mol. The Hall–Kier alpha value is -2.44. The number of imidazole rings is 1. The molecule has 0 aliphatic heterocycles. The molecule has 7 heteroatoms. The van der Waals surface area contributed by atoms with E-state index in [-0.39, 0.29) is 5.69 Å². The van der Waals surface area contributed by atoms with Gasteiger partial charge in [-0.3, -0.25) is 10.1 Å². The van der Waals surface area contributed by atoms with Gasteiger partial charge in [-0.1, -0.05) is 0 Å². The molecule has 94 valence electrons. The van der Waals surface area contributed by atoms with Crippen molar-refractivity contribution in [2.24, 2.45) is 7.05 Å². The zero-order valence-electron chi connectivity index (χ0n) is 10.1. The van der Waals surface area contributed by atoms with Crippen LogP contribution in [0.5, 0.6) is 0 Å². The zero-order valence-corrected chi connectivity index (χ0v) is 10.1. The number of anilines is 1. The molecule has 0 radical (unpaired) electrons. The van der Waals surface area contributed by atoms with E-state index in [9.17, 15) is 10.1 Å². The first kappa shape index (κ1) is 12.0. The third kappa shape index (κ3) is 2.29. The van der Waals surface area contributed by atoms with E-state index in [0.29, 0.717) is 23.9 Å². The standard InChI is InChI=1S/C11H13N5O2/c1-3-12-10-7-8(16(17)18)6-9(14-10)11-13-4-5-15(11)2/h4-7H,3H2,1-2H3,(H,12,14). The van der Waals surface area contributed by atoms with Crippen LogP contribution in [0.25, 0.3) is 11.5 Å². The maximum absolute atomic E-state index is 10.9. The molecule has 2 aromatic heterocycles. The molecule has 0 aromatic carbocycles. The summed E-state index contributed by atoms with van der Waals surface area (Å²) in [6, 6.07) is 2.83. The Morgan fingerprint density at radius 3 is 2.83 bits per heavy atom. The summed E-state index contributed by atoms with van der Waals surface area (Å²) < 4.78 is 1.77. The summed E-state index contributed by atoms with van der Waals surface area (Å²) in [5.74, 6) is 1.07. The summed E-state index contributed by atoms with van der Waals surface area (Å²) in [6.07, 6.45) is 3.39. The molecule has 0 unspecified atom stereocenters. The monoisotopic (exact) mass is 247 g/mol. The minimum absolute atomic E-state index is 0.000972. The van der Waals surface area contributed by atoms with Gasteiger partial charge >= 0.3 is 0 Å². The summed E-state index contributed by atoms with van der Waals surface area (Å²) in [5.41, 5.74) is 0.478. The highest BCUT2D eigenvalue weighted by Crippen LogP contribution is 2.23. The maximum atomic E-state index is 10.9. The molecule has 7 nitrogen and oxygen atoms in total. The molecule has 18 heavy (non-hydrogen) atoms. The average Bonchev–Trinajstić information content (AvgIpc) is 2.75. The number of hydrogen-bond donors (Lipinski definition) is 1. The Morgan fingerprint density at radius 2 is 2.28 bits per heavy atom. The van der Waals surface area contributed by atoms with Gasteiger partial charge in [0.25, 0.3) is 5.69 Å². The predicted octanol–water partition coefficient (Wildman–Crippen LogP) is 1.82. The van der Waals surface area contributed by atoms with Crippen LogP contribution in [0.1, 0.15) is 6.92 Å². The summed E-state index contributed by atoms with van der Waals surface area (Å²) in [5, 5.41) is 13.9. The highest BCUT2D eigenvalue weighted by molar-refractivity contribution is 5.60. The second-order valence-electron chi connectivity index (χ2n) is 3.75. The van der Waals surface area contributed by atoms with Gasteiger partial charge in [-0.2, -0.15) is 0 Å². The van der Waals surface area contributed by atoms with Crippen LogP contribution in [0.15, 0.2) is 24.5 Å². The second kappa shape index (κ2) is 4.82. The van der Waals surface area contributed by atoms with Crippen LogP contribution in [0.4, 0.5) is 11.5 Å². The van der Waals surface area contributed by atoms with E-state index < -0.39 is 4.92 Å². The molecule has 0 spiro atoms. The molecule has 0 bridgehead atoms. The largest absolute Gasteiger partial charge is 0.370 e. The molecular weight excluding hydrogens is 234 g/mol. The number of rotatable bonds is 4. The fourth-order valence-electron chi connectivity index (χ4n) is 1.62. The van der Waals surface area contributed by atoms with Crippen molar-refractivity contribution in [2.75, 3.05) is 11.9 Å². The number of pyridine rings is 1. The molecule has 0 saturated carbocycles. The lowest BCUT2D eigenvalue weighted by atomic mass is 10.3. The molecule has 2 aromatic rings. The van der Waals surface area contributed by atoms with E-state index in [1.54, 1.807) is 17.0 Å². The Labute approximate surface area is 104 Å². The number of nitro groups is 1. The Bertz CT molecular complexity index is 579. The van der Waals surface area contributed by atoms with Crippen molar-refractivity contribution in [2.45, 2.75) is 6.92 Å². The van der Waals surface area contributed by atoms with E-state index in [4.69, 9.17) is 0 Å². The first-order chi connectivity index (χ1) is 8.61. The fraction of sp³-hybridized carbons (Fsp3) is 0.273. The van der Waals surface area contributed by atoms with Crippen LogP contribution in [0.2, 0.25) is 0 Å². The van der Waals surface area contributed by atoms with Crippen LogP contribution in [0, 0.1) is 10.1 Å². The molecule has 0 fully saturated rings. The van der Waals surface area contributed by atoms with E-state index in [1.807, 2.05) is 14.0 Å². The maximum Gasteiger partial charge on any atom is 0.275 e. The first-order valence-corrected chi connectivity index (χ1v) is 5.50. The molecular formula is C11H13N5O2. The van der Waals surface area contributed by atoms with Crippen LogP contribution < -0.4 is 5.32 Å². The zero-order chi connectivity index (χ0) is 13.1. The van der Waals surface area contributed by atoms with E-state index >= 15 is 0 Å². The van der Waals surface area contributed by atoms with Gasteiger partial charge in [0, 0.05) is 32.1 Å². The topological polar surface area (TPSA) is 85.9 Å². The van der Waals surface area contributed by atoms with Gasteiger partial charge in [0.1, 0.15) is 11.5 Å². The molecule has 0 saturated heterocycles. The Morgan fingerprint density at radius 1 is 1.50 bits per heavy atom. The summed E-state index contributed by atoms with van der Waals surface area (Å²) in [7, 11) is 1.82. The van der Waals surface area contributed by atoms with Crippen LogP contribution in [-0.4, -0.2) is 26.0 Å². The normalized spacial score (nSPS) is 10.3. The van der Waals surface area contributed by atoms with Gasteiger partial charge in [0.2, 0.25) is 0 Å². The van der Waals surface area contributed by atoms with Crippen molar-refractivity contribution in [3.63, 3.8) is 0 Å². The van der Waals surface area contributed by atoms with Gasteiger partial charge in [-0.15, -0.1) is 0 Å². The van der Waals surface area contributed by atoms with Crippen molar-refractivity contribution in [3.8, 4) is 11.5 Å². The number of aromatic nitrogens is 3. The SMILES string of the molecule is CCNc1cc([N+](=O)[O-])cc(-c2nccn2C)n1. The molecule has 2 rings (SSSR count). The van der Waals surface area contributed by atoms with Crippen molar-refractivity contribution < 1.29 is 4.92 Å². The van der Waals surface area contributed by atoms with Crippen molar-refractivity contribution in [3.05, 3.63) is 34.6 Å². The lowest BCUT2D eigenvalue weighted by molar-refractivity contribution is -0.384. The second-order valence-corrected chi connectivity index (χ2v) is 3.75. The third-order valence-electron chi connectivity index (χ3n) is 2.43. The van der Waals surface area contributed by atoms with E-state index in [2.05, 4.69) is 15.3 Å². The molecule has 0 amide bonds. The average molecular weight is 247 g/mol. The number of aryl methyl sites for hydroxylation is 1. The van der Waals surface area contributed by atoms with E-state index in [0.717, 1.165) is 0 Å². The number of nitrogens with one attached hydrogen (secondary N) is 1. The number of nitrogens with zero attached hydrogens (tertiary/aromatic N) is 4. The van der Waals surface area contributed by atoms with Crippen LogP contribution in [0.3, 0.4) is 0 Å². The minimum atomic E-state index is -0.436.